The summed E-state index contributed by atoms with van der Waals surface area (Å²) in [7, 11) is -2.91. The molecule has 1 rings (SSSR count). The van der Waals surface area contributed by atoms with Crippen LogP contribution in [0.15, 0.2) is 4.99 Å². The van der Waals surface area contributed by atoms with Crippen LogP contribution in [0, 0.1) is 0 Å². The Hall–Kier alpha value is 0.300. The van der Waals surface area contributed by atoms with E-state index in [1.54, 1.807) is 0 Å². The first-order valence-electron chi connectivity index (χ1n) is 6.33. The molecule has 0 aromatic rings. The molecule has 0 spiro atoms. The molecule has 1 aliphatic heterocycles. The van der Waals surface area contributed by atoms with Gasteiger partial charge in [-0.25, -0.2) is 8.42 Å². The number of sulfone groups is 1. The first kappa shape index (κ1) is 19.3. The summed E-state index contributed by atoms with van der Waals surface area (Å²) < 4.78 is 22.1. The minimum atomic E-state index is -2.91. The number of nitrogens with zero attached hydrogens (tertiary/aromatic N) is 1. The summed E-state index contributed by atoms with van der Waals surface area (Å²) in [5.41, 5.74) is 0. The van der Waals surface area contributed by atoms with Gasteiger partial charge < -0.3 is 10.6 Å². The van der Waals surface area contributed by atoms with Gasteiger partial charge in [-0.2, -0.15) is 11.8 Å². The van der Waals surface area contributed by atoms with Gasteiger partial charge in [-0.1, -0.05) is 0 Å². The zero-order chi connectivity index (χ0) is 13.4. The molecule has 8 heteroatoms. The van der Waals surface area contributed by atoms with Gasteiger partial charge in [0.2, 0.25) is 0 Å². The van der Waals surface area contributed by atoms with Crippen molar-refractivity contribution in [2.24, 2.45) is 4.99 Å². The van der Waals surface area contributed by atoms with Crippen molar-refractivity contribution in [1.82, 2.24) is 10.6 Å². The van der Waals surface area contributed by atoms with Gasteiger partial charge in [-0.3, -0.25) is 4.99 Å². The lowest BCUT2D eigenvalue weighted by Gasteiger charge is -2.12. The molecule has 1 atom stereocenters. The van der Waals surface area contributed by atoms with Crippen molar-refractivity contribution in [1.29, 1.82) is 0 Å². The molecule has 0 amide bonds. The fraction of sp³-hybridized carbons (Fsp3) is 0.909. The second-order valence-corrected chi connectivity index (χ2v) is 8.08. The Bertz CT molecular complexity index is 368. The van der Waals surface area contributed by atoms with Crippen LogP contribution in [0.4, 0.5) is 0 Å². The summed E-state index contributed by atoms with van der Waals surface area (Å²) in [4.78, 5) is 4.49. The van der Waals surface area contributed by atoms with Crippen molar-refractivity contribution in [3.05, 3.63) is 0 Å². The van der Waals surface area contributed by atoms with Gasteiger partial charge in [-0.05, 0) is 25.5 Å². The Morgan fingerprint density at radius 2 is 2.16 bits per heavy atom. The largest absolute Gasteiger partial charge is 0.357 e. The summed E-state index contributed by atoms with van der Waals surface area (Å²) in [6.07, 6.45) is 3.76. The molecule has 0 aliphatic carbocycles. The van der Waals surface area contributed by atoms with Gasteiger partial charge in [0, 0.05) is 24.6 Å². The molecule has 1 saturated heterocycles. The molecule has 1 unspecified atom stereocenters. The second kappa shape index (κ2) is 10.1. The predicted molar refractivity (Wildman–Crippen MR) is 94.6 cm³/mol. The molecule has 0 radical (unpaired) electrons. The molecular weight excluding hydrogens is 397 g/mol. The number of halogens is 1. The van der Waals surface area contributed by atoms with Gasteiger partial charge in [-0.15, -0.1) is 24.0 Å². The summed E-state index contributed by atoms with van der Waals surface area (Å²) in [5.74, 6) is 2.09. The lowest BCUT2D eigenvalue weighted by Crippen LogP contribution is -2.39. The molecule has 19 heavy (non-hydrogen) atoms. The van der Waals surface area contributed by atoms with Crippen molar-refractivity contribution in [3.8, 4) is 0 Å². The van der Waals surface area contributed by atoms with Crippen molar-refractivity contribution in [3.63, 3.8) is 0 Å². The van der Waals surface area contributed by atoms with Crippen LogP contribution >= 0.6 is 35.7 Å². The van der Waals surface area contributed by atoms with E-state index in [-0.39, 0.29) is 29.7 Å². The third-order valence-corrected chi connectivity index (χ3v) is 4.91. The van der Waals surface area contributed by atoms with E-state index < -0.39 is 9.84 Å². The molecule has 1 fully saturated rings. The summed E-state index contributed by atoms with van der Waals surface area (Å²) in [6, 6.07) is 0. The van der Waals surface area contributed by atoms with Gasteiger partial charge in [0.15, 0.2) is 5.96 Å². The van der Waals surface area contributed by atoms with E-state index >= 15 is 0 Å². The number of hydrogen-bond donors (Lipinski definition) is 2. The molecule has 0 aromatic heterocycles. The van der Waals surface area contributed by atoms with Crippen LogP contribution < -0.4 is 10.6 Å². The Labute approximate surface area is 137 Å². The molecule has 2 N–H and O–H groups in total. The predicted octanol–water partition coefficient (Wildman–Crippen LogP) is 1.10. The highest BCUT2D eigenvalue weighted by Gasteiger charge is 2.14. The quantitative estimate of drug-likeness (QED) is 0.382. The number of hydrogen-bond acceptors (Lipinski definition) is 4. The number of rotatable bonds is 6. The minimum absolute atomic E-state index is 0. The molecule has 114 valence electrons. The average Bonchev–Trinajstić information content (AvgIpc) is 2.77. The summed E-state index contributed by atoms with van der Waals surface area (Å²) in [5, 5.41) is 6.80. The van der Waals surface area contributed by atoms with Crippen LogP contribution in [0.2, 0.25) is 0 Å². The number of aliphatic imine (C=N–C) groups is 1. The van der Waals surface area contributed by atoms with E-state index in [1.165, 1.54) is 24.9 Å². The minimum Gasteiger partial charge on any atom is -0.357 e. The SMILES string of the molecule is CCNC(=NCC1CCCS1)NCCS(C)(=O)=O.I. The molecule has 1 heterocycles. The average molecular weight is 421 g/mol. The van der Waals surface area contributed by atoms with Crippen molar-refractivity contribution >= 4 is 51.5 Å². The lowest BCUT2D eigenvalue weighted by molar-refractivity contribution is 0.600. The topological polar surface area (TPSA) is 70.6 Å². The maximum Gasteiger partial charge on any atom is 0.191 e. The van der Waals surface area contributed by atoms with Gasteiger partial charge in [0.1, 0.15) is 9.84 Å². The highest BCUT2D eigenvalue weighted by molar-refractivity contribution is 14.0. The number of nitrogens with one attached hydrogen (secondary N) is 2. The smallest absolute Gasteiger partial charge is 0.191 e. The number of thioether (sulfide) groups is 1. The first-order chi connectivity index (χ1) is 8.51. The monoisotopic (exact) mass is 421 g/mol. The van der Waals surface area contributed by atoms with Crippen LogP contribution in [0.25, 0.3) is 0 Å². The van der Waals surface area contributed by atoms with Gasteiger partial charge in [0.05, 0.1) is 12.3 Å². The highest BCUT2D eigenvalue weighted by atomic mass is 127. The maximum absolute atomic E-state index is 11.0. The number of guanidine groups is 1. The zero-order valence-electron chi connectivity index (χ0n) is 11.5. The van der Waals surface area contributed by atoms with Crippen LogP contribution in [-0.4, -0.2) is 57.0 Å². The normalized spacial score (nSPS) is 19.9. The molecule has 0 aromatic carbocycles. The van der Waals surface area contributed by atoms with E-state index in [4.69, 9.17) is 0 Å². The lowest BCUT2D eigenvalue weighted by atomic mass is 10.2. The van der Waals surface area contributed by atoms with Crippen molar-refractivity contribution in [2.45, 2.75) is 25.0 Å². The summed E-state index contributed by atoms with van der Waals surface area (Å²) in [6.45, 7) is 3.99. The van der Waals surface area contributed by atoms with Crippen LogP contribution in [0.1, 0.15) is 19.8 Å². The third-order valence-electron chi connectivity index (χ3n) is 2.59. The Balaban J connectivity index is 0.00000324. The highest BCUT2D eigenvalue weighted by Crippen LogP contribution is 2.25. The maximum atomic E-state index is 11.0. The van der Waals surface area contributed by atoms with E-state index in [9.17, 15) is 8.42 Å². The van der Waals surface area contributed by atoms with Gasteiger partial charge >= 0.3 is 0 Å². The second-order valence-electron chi connectivity index (χ2n) is 4.41. The Morgan fingerprint density at radius 1 is 1.42 bits per heavy atom. The fourth-order valence-corrected chi connectivity index (χ4v) is 3.33. The van der Waals surface area contributed by atoms with E-state index in [0.29, 0.717) is 17.8 Å². The molecular formula is C11H24IN3O2S2. The fourth-order valence-electron chi connectivity index (χ4n) is 1.68. The van der Waals surface area contributed by atoms with E-state index in [1.807, 2.05) is 18.7 Å². The zero-order valence-corrected chi connectivity index (χ0v) is 15.5. The van der Waals surface area contributed by atoms with Gasteiger partial charge in [0.25, 0.3) is 0 Å². The standard InChI is InChI=1S/C11H23N3O2S2.HI/c1-3-12-11(13-6-8-18(2,15)16)14-9-10-5-4-7-17-10;/h10H,3-9H2,1-2H3,(H2,12,13,14);1H. The van der Waals surface area contributed by atoms with Crippen LogP contribution in [-0.2, 0) is 9.84 Å². The van der Waals surface area contributed by atoms with E-state index in [0.717, 1.165) is 13.1 Å². The molecule has 0 saturated carbocycles. The van der Waals surface area contributed by atoms with Crippen molar-refractivity contribution in [2.75, 3.05) is 37.4 Å². The van der Waals surface area contributed by atoms with Crippen molar-refractivity contribution < 1.29 is 8.42 Å². The Kier molecular flexibility index (Phi) is 10.2. The van der Waals surface area contributed by atoms with Crippen LogP contribution in [0.3, 0.4) is 0 Å². The first-order valence-corrected chi connectivity index (χ1v) is 9.43. The summed E-state index contributed by atoms with van der Waals surface area (Å²) >= 11 is 1.97. The molecule has 1 aliphatic rings. The molecule has 5 nitrogen and oxygen atoms in total. The van der Waals surface area contributed by atoms with E-state index in [2.05, 4.69) is 15.6 Å². The molecule has 0 bridgehead atoms. The third kappa shape index (κ3) is 9.78. The van der Waals surface area contributed by atoms with Crippen LogP contribution in [0.5, 0.6) is 0 Å². The Morgan fingerprint density at radius 3 is 2.68 bits per heavy atom.